The quantitative estimate of drug-likeness (QED) is 0.479. The van der Waals surface area contributed by atoms with E-state index >= 15 is 0 Å². The number of carbonyl (C=O) groups is 1. The number of sulfonamides is 1. The molecule has 0 aliphatic heterocycles. The standard InChI is InChI=1S/C22H30N2O6S2/c1-15(16-13-19(28-2)21(30-4)20(14-16)29-3)23-22(25)18(11-12-31-5)24-32(26,27)17-9-7-6-8-10-17/h6-10,13-15,18,24H,11-12H2,1-5H3,(H,23,25). The topological polar surface area (TPSA) is 103 Å². The van der Waals surface area contributed by atoms with Gasteiger partial charge in [0, 0.05) is 0 Å². The molecule has 2 rings (SSSR count). The molecule has 0 fully saturated rings. The zero-order valence-corrected chi connectivity index (χ0v) is 20.5. The summed E-state index contributed by atoms with van der Waals surface area (Å²) < 4.78 is 44.2. The van der Waals surface area contributed by atoms with Crippen molar-refractivity contribution in [2.45, 2.75) is 30.3 Å². The summed E-state index contributed by atoms with van der Waals surface area (Å²) in [5.74, 6) is 1.58. The molecule has 1 amide bonds. The molecule has 0 radical (unpaired) electrons. The van der Waals surface area contributed by atoms with Crippen molar-refractivity contribution in [2.24, 2.45) is 0 Å². The van der Waals surface area contributed by atoms with Gasteiger partial charge in [-0.25, -0.2) is 8.42 Å². The van der Waals surface area contributed by atoms with Gasteiger partial charge in [-0.3, -0.25) is 4.79 Å². The first-order chi connectivity index (χ1) is 15.3. The average molecular weight is 483 g/mol. The van der Waals surface area contributed by atoms with Gasteiger partial charge in [-0.1, -0.05) is 18.2 Å². The van der Waals surface area contributed by atoms with Crippen LogP contribution in [0.3, 0.4) is 0 Å². The third-order valence-electron chi connectivity index (χ3n) is 4.82. The van der Waals surface area contributed by atoms with Crippen LogP contribution in [0.15, 0.2) is 47.4 Å². The van der Waals surface area contributed by atoms with Crippen molar-refractivity contribution < 1.29 is 27.4 Å². The zero-order valence-electron chi connectivity index (χ0n) is 18.9. The number of nitrogens with one attached hydrogen (secondary N) is 2. The molecule has 176 valence electrons. The van der Waals surface area contributed by atoms with Gasteiger partial charge in [-0.2, -0.15) is 16.5 Å². The zero-order chi connectivity index (χ0) is 23.7. The molecule has 2 aromatic rings. The molecule has 0 heterocycles. The highest BCUT2D eigenvalue weighted by molar-refractivity contribution is 7.98. The number of methoxy groups -OCH3 is 3. The maximum absolute atomic E-state index is 13.0. The molecule has 0 spiro atoms. The van der Waals surface area contributed by atoms with Crippen LogP contribution < -0.4 is 24.2 Å². The summed E-state index contributed by atoms with van der Waals surface area (Å²) in [6, 6.07) is 10.1. The predicted octanol–water partition coefficient (Wildman–Crippen LogP) is 2.99. The van der Waals surface area contributed by atoms with Crippen LogP contribution in [0, 0.1) is 0 Å². The van der Waals surface area contributed by atoms with Crippen LogP contribution >= 0.6 is 11.8 Å². The molecule has 8 nitrogen and oxygen atoms in total. The lowest BCUT2D eigenvalue weighted by molar-refractivity contribution is -0.123. The highest BCUT2D eigenvalue weighted by atomic mass is 32.2. The van der Waals surface area contributed by atoms with E-state index in [9.17, 15) is 13.2 Å². The maximum atomic E-state index is 13.0. The van der Waals surface area contributed by atoms with E-state index in [0.29, 0.717) is 29.4 Å². The second-order valence-electron chi connectivity index (χ2n) is 6.96. The van der Waals surface area contributed by atoms with Crippen molar-refractivity contribution in [3.8, 4) is 17.2 Å². The lowest BCUT2D eigenvalue weighted by Gasteiger charge is -2.22. The maximum Gasteiger partial charge on any atom is 0.241 e. The molecule has 2 aromatic carbocycles. The number of rotatable bonds is 12. The summed E-state index contributed by atoms with van der Waals surface area (Å²) in [7, 11) is 0.702. The normalized spacial score (nSPS) is 13.2. The Balaban J connectivity index is 2.24. The first-order valence-electron chi connectivity index (χ1n) is 9.94. The molecule has 32 heavy (non-hydrogen) atoms. The summed E-state index contributed by atoms with van der Waals surface area (Å²) in [6.07, 6.45) is 2.25. The minimum absolute atomic E-state index is 0.111. The van der Waals surface area contributed by atoms with Gasteiger partial charge in [0.15, 0.2) is 11.5 Å². The van der Waals surface area contributed by atoms with Crippen LogP contribution in [0.4, 0.5) is 0 Å². The van der Waals surface area contributed by atoms with Crippen LogP contribution in [-0.4, -0.2) is 53.7 Å². The summed E-state index contributed by atoms with van der Waals surface area (Å²) in [5.41, 5.74) is 0.724. The highest BCUT2D eigenvalue weighted by Crippen LogP contribution is 2.39. The average Bonchev–Trinajstić information content (AvgIpc) is 2.80. The monoisotopic (exact) mass is 482 g/mol. The summed E-state index contributed by atoms with van der Waals surface area (Å²) in [6.45, 7) is 1.80. The minimum atomic E-state index is -3.84. The van der Waals surface area contributed by atoms with Crippen LogP contribution in [0.5, 0.6) is 17.2 Å². The predicted molar refractivity (Wildman–Crippen MR) is 126 cm³/mol. The Bertz CT molecular complexity index is 974. The van der Waals surface area contributed by atoms with E-state index in [1.54, 1.807) is 37.3 Å². The molecule has 0 aliphatic carbocycles. The van der Waals surface area contributed by atoms with Gasteiger partial charge in [0.2, 0.25) is 21.7 Å². The summed E-state index contributed by atoms with van der Waals surface area (Å²) in [4.78, 5) is 13.2. The van der Waals surface area contributed by atoms with Crippen molar-refractivity contribution in [3.63, 3.8) is 0 Å². The van der Waals surface area contributed by atoms with Crippen molar-refractivity contribution in [1.82, 2.24) is 10.0 Å². The van der Waals surface area contributed by atoms with Crippen LogP contribution in [-0.2, 0) is 14.8 Å². The van der Waals surface area contributed by atoms with E-state index in [0.717, 1.165) is 5.56 Å². The SMILES string of the molecule is COc1cc(C(C)NC(=O)C(CCSC)NS(=O)(=O)c2ccccc2)cc(OC)c1OC. The third kappa shape index (κ3) is 6.54. The van der Waals surface area contributed by atoms with Crippen LogP contribution in [0.2, 0.25) is 0 Å². The van der Waals surface area contributed by atoms with E-state index in [2.05, 4.69) is 10.0 Å². The first-order valence-corrected chi connectivity index (χ1v) is 12.8. The molecular weight excluding hydrogens is 452 g/mol. The van der Waals surface area contributed by atoms with Crippen molar-refractivity contribution >= 4 is 27.7 Å². The second kappa shape index (κ2) is 12.0. The van der Waals surface area contributed by atoms with E-state index < -0.39 is 28.0 Å². The fraction of sp³-hybridized carbons (Fsp3) is 0.409. The molecule has 0 bridgehead atoms. The van der Waals surface area contributed by atoms with E-state index in [1.807, 2.05) is 6.26 Å². The minimum Gasteiger partial charge on any atom is -0.493 e. The molecule has 0 aliphatic rings. The van der Waals surface area contributed by atoms with Gasteiger partial charge in [0.05, 0.1) is 32.3 Å². The van der Waals surface area contributed by atoms with Crippen molar-refractivity contribution in [2.75, 3.05) is 33.3 Å². The third-order valence-corrected chi connectivity index (χ3v) is 6.96. The van der Waals surface area contributed by atoms with Gasteiger partial charge in [-0.05, 0) is 55.2 Å². The van der Waals surface area contributed by atoms with Crippen LogP contribution in [0.1, 0.15) is 24.9 Å². The van der Waals surface area contributed by atoms with Gasteiger partial charge in [0.25, 0.3) is 0 Å². The Morgan fingerprint density at radius 2 is 1.62 bits per heavy atom. The van der Waals surface area contributed by atoms with E-state index in [1.165, 1.54) is 45.2 Å². The van der Waals surface area contributed by atoms with E-state index in [-0.39, 0.29) is 4.90 Å². The largest absolute Gasteiger partial charge is 0.493 e. The van der Waals surface area contributed by atoms with Gasteiger partial charge >= 0.3 is 0 Å². The number of amides is 1. The summed E-state index contributed by atoms with van der Waals surface area (Å²) >= 11 is 1.54. The van der Waals surface area contributed by atoms with Crippen molar-refractivity contribution in [3.05, 3.63) is 48.0 Å². The lowest BCUT2D eigenvalue weighted by atomic mass is 10.1. The molecule has 0 aromatic heterocycles. The Labute approximate surface area is 194 Å². The van der Waals surface area contributed by atoms with E-state index in [4.69, 9.17) is 14.2 Å². The fourth-order valence-electron chi connectivity index (χ4n) is 3.08. The highest BCUT2D eigenvalue weighted by Gasteiger charge is 2.27. The number of benzene rings is 2. The molecule has 0 saturated heterocycles. The second-order valence-corrected chi connectivity index (χ2v) is 9.66. The number of hydrogen-bond donors (Lipinski definition) is 2. The number of thioether (sulfide) groups is 1. The smallest absolute Gasteiger partial charge is 0.241 e. The molecule has 2 atom stereocenters. The van der Waals surface area contributed by atoms with Gasteiger partial charge in [-0.15, -0.1) is 0 Å². The Morgan fingerprint density at radius 3 is 2.12 bits per heavy atom. The molecular formula is C22H30N2O6S2. The number of hydrogen-bond acceptors (Lipinski definition) is 7. The first kappa shape index (κ1) is 25.8. The Hall–Kier alpha value is -2.43. The van der Waals surface area contributed by atoms with Gasteiger partial charge in [0.1, 0.15) is 6.04 Å². The van der Waals surface area contributed by atoms with Crippen molar-refractivity contribution in [1.29, 1.82) is 0 Å². The molecule has 2 N–H and O–H groups in total. The Kier molecular flexibility index (Phi) is 9.67. The molecule has 10 heteroatoms. The summed E-state index contributed by atoms with van der Waals surface area (Å²) in [5, 5.41) is 2.89. The number of ether oxygens (including phenoxy) is 3. The van der Waals surface area contributed by atoms with Crippen LogP contribution in [0.25, 0.3) is 0 Å². The fourth-order valence-corrected chi connectivity index (χ4v) is 4.81. The molecule has 2 unspecified atom stereocenters. The van der Waals surface area contributed by atoms with Gasteiger partial charge < -0.3 is 19.5 Å². The number of carbonyl (C=O) groups excluding carboxylic acids is 1. The lowest BCUT2D eigenvalue weighted by Crippen LogP contribution is -2.47. The molecule has 0 saturated carbocycles. The Morgan fingerprint density at radius 1 is 1.03 bits per heavy atom.